The van der Waals surface area contributed by atoms with E-state index in [0.717, 1.165) is 0 Å². The van der Waals surface area contributed by atoms with Crippen LogP contribution >= 0.6 is 12.6 Å². The minimum Gasteiger partial charge on any atom is -0.289 e. The minimum atomic E-state index is -0.533. The predicted octanol–water partition coefficient (Wildman–Crippen LogP) is 3.11. The summed E-state index contributed by atoms with van der Waals surface area (Å²) < 4.78 is 0. The van der Waals surface area contributed by atoms with Gasteiger partial charge in [-0.3, -0.25) is 14.9 Å². The summed E-state index contributed by atoms with van der Waals surface area (Å²) in [7, 11) is 0. The Kier molecular flexibility index (Phi) is 3.43. The SMILES string of the molecule is O=C(c1ccccc1)c1cc([N+](=O)[O-])ccc1S. The van der Waals surface area contributed by atoms with Crippen LogP contribution in [-0.4, -0.2) is 10.7 Å². The van der Waals surface area contributed by atoms with Crippen molar-refractivity contribution >= 4 is 24.1 Å². The van der Waals surface area contributed by atoms with Crippen LogP contribution < -0.4 is 0 Å². The Morgan fingerprint density at radius 2 is 1.78 bits per heavy atom. The van der Waals surface area contributed by atoms with Crippen LogP contribution in [0.4, 0.5) is 5.69 Å². The highest BCUT2D eigenvalue weighted by atomic mass is 32.1. The van der Waals surface area contributed by atoms with E-state index in [1.54, 1.807) is 30.3 Å². The molecule has 0 aliphatic carbocycles. The molecule has 0 fully saturated rings. The van der Waals surface area contributed by atoms with E-state index < -0.39 is 4.92 Å². The van der Waals surface area contributed by atoms with Crippen molar-refractivity contribution in [3.63, 3.8) is 0 Å². The lowest BCUT2D eigenvalue weighted by atomic mass is 10.0. The predicted molar refractivity (Wildman–Crippen MR) is 70.2 cm³/mol. The van der Waals surface area contributed by atoms with E-state index in [1.807, 2.05) is 0 Å². The molecule has 2 aromatic rings. The summed E-state index contributed by atoms with van der Waals surface area (Å²) in [5.74, 6) is -0.274. The summed E-state index contributed by atoms with van der Waals surface area (Å²) in [5.41, 5.74) is 0.596. The van der Waals surface area contributed by atoms with Gasteiger partial charge < -0.3 is 0 Å². The molecule has 0 atom stereocenters. The second-order valence-electron chi connectivity index (χ2n) is 3.65. The molecule has 0 amide bonds. The lowest BCUT2D eigenvalue weighted by Crippen LogP contribution is -2.03. The molecule has 0 bridgehead atoms. The standard InChI is InChI=1S/C13H9NO3S/c15-13(9-4-2-1-3-5-9)11-8-10(14(16)17)6-7-12(11)18/h1-8,18H. The van der Waals surface area contributed by atoms with Crippen LogP contribution in [0.2, 0.25) is 0 Å². The van der Waals surface area contributed by atoms with Gasteiger partial charge >= 0.3 is 0 Å². The Hall–Kier alpha value is -2.14. The molecule has 5 heteroatoms. The van der Waals surface area contributed by atoms with Crippen LogP contribution in [0.3, 0.4) is 0 Å². The summed E-state index contributed by atoms with van der Waals surface area (Å²) in [6.07, 6.45) is 0. The second kappa shape index (κ2) is 5.01. The molecule has 0 aromatic heterocycles. The maximum absolute atomic E-state index is 12.2. The molecule has 90 valence electrons. The number of carbonyl (C=O) groups is 1. The number of hydrogen-bond acceptors (Lipinski definition) is 4. The number of rotatable bonds is 3. The van der Waals surface area contributed by atoms with Crippen molar-refractivity contribution in [2.45, 2.75) is 4.90 Å². The van der Waals surface area contributed by atoms with Gasteiger partial charge in [0, 0.05) is 28.2 Å². The van der Waals surface area contributed by atoms with Crippen LogP contribution in [-0.2, 0) is 0 Å². The van der Waals surface area contributed by atoms with Gasteiger partial charge in [-0.05, 0) is 6.07 Å². The first kappa shape index (κ1) is 12.3. The average molecular weight is 259 g/mol. The lowest BCUT2D eigenvalue weighted by Gasteiger charge is -2.04. The highest BCUT2D eigenvalue weighted by Crippen LogP contribution is 2.23. The zero-order valence-electron chi connectivity index (χ0n) is 9.24. The van der Waals surface area contributed by atoms with Crippen LogP contribution in [0.5, 0.6) is 0 Å². The van der Waals surface area contributed by atoms with Crippen molar-refractivity contribution in [1.29, 1.82) is 0 Å². The van der Waals surface area contributed by atoms with Crippen LogP contribution in [0.25, 0.3) is 0 Å². The summed E-state index contributed by atoms with van der Waals surface area (Å²) >= 11 is 4.16. The Morgan fingerprint density at radius 1 is 1.11 bits per heavy atom. The van der Waals surface area contributed by atoms with Gasteiger partial charge in [0.1, 0.15) is 0 Å². The molecule has 0 radical (unpaired) electrons. The molecule has 0 saturated carbocycles. The molecule has 0 aliphatic rings. The molecule has 2 rings (SSSR count). The molecule has 0 aliphatic heterocycles. The Balaban J connectivity index is 2.48. The molecule has 0 N–H and O–H groups in total. The van der Waals surface area contributed by atoms with Gasteiger partial charge in [0.15, 0.2) is 5.78 Å². The van der Waals surface area contributed by atoms with Crippen molar-refractivity contribution < 1.29 is 9.72 Å². The number of non-ortho nitro benzene ring substituents is 1. The van der Waals surface area contributed by atoms with Crippen molar-refractivity contribution in [2.24, 2.45) is 0 Å². The number of nitro benzene ring substituents is 1. The number of nitro groups is 1. The third-order valence-electron chi connectivity index (χ3n) is 2.47. The van der Waals surface area contributed by atoms with Gasteiger partial charge in [0.25, 0.3) is 5.69 Å². The molecule has 0 unspecified atom stereocenters. The van der Waals surface area contributed by atoms with Gasteiger partial charge in [-0.25, -0.2) is 0 Å². The third-order valence-corrected chi connectivity index (χ3v) is 2.86. The largest absolute Gasteiger partial charge is 0.289 e. The van der Waals surface area contributed by atoms with Gasteiger partial charge in [0.05, 0.1) is 4.92 Å². The van der Waals surface area contributed by atoms with Gasteiger partial charge in [-0.15, -0.1) is 12.6 Å². The number of thiol groups is 1. The van der Waals surface area contributed by atoms with Crippen molar-refractivity contribution in [1.82, 2.24) is 0 Å². The highest BCUT2D eigenvalue weighted by molar-refractivity contribution is 7.80. The first-order valence-corrected chi connectivity index (χ1v) is 5.61. The molecular weight excluding hydrogens is 250 g/mol. The third kappa shape index (κ3) is 2.41. The van der Waals surface area contributed by atoms with Gasteiger partial charge in [-0.1, -0.05) is 30.3 Å². The Labute approximate surface area is 109 Å². The lowest BCUT2D eigenvalue weighted by molar-refractivity contribution is -0.384. The fourth-order valence-corrected chi connectivity index (χ4v) is 1.81. The zero-order valence-corrected chi connectivity index (χ0v) is 10.1. The van der Waals surface area contributed by atoms with E-state index in [9.17, 15) is 14.9 Å². The summed E-state index contributed by atoms with van der Waals surface area (Å²) in [6.45, 7) is 0. The van der Waals surface area contributed by atoms with Crippen LogP contribution in [0.15, 0.2) is 53.4 Å². The second-order valence-corrected chi connectivity index (χ2v) is 4.14. The van der Waals surface area contributed by atoms with E-state index in [1.165, 1.54) is 18.2 Å². The fourth-order valence-electron chi connectivity index (χ4n) is 1.56. The normalized spacial score (nSPS) is 10.1. The van der Waals surface area contributed by atoms with Gasteiger partial charge in [0.2, 0.25) is 0 Å². The maximum atomic E-state index is 12.2. The van der Waals surface area contributed by atoms with E-state index in [4.69, 9.17) is 0 Å². The quantitative estimate of drug-likeness (QED) is 0.399. The highest BCUT2D eigenvalue weighted by Gasteiger charge is 2.16. The summed E-state index contributed by atoms with van der Waals surface area (Å²) in [6, 6.07) is 12.6. The molecule has 18 heavy (non-hydrogen) atoms. The topological polar surface area (TPSA) is 60.2 Å². The fraction of sp³-hybridized carbons (Fsp3) is 0. The molecule has 0 saturated heterocycles. The van der Waals surface area contributed by atoms with E-state index in [-0.39, 0.29) is 17.0 Å². The first-order valence-electron chi connectivity index (χ1n) is 5.17. The van der Waals surface area contributed by atoms with E-state index in [0.29, 0.717) is 10.5 Å². The average Bonchev–Trinajstić information content (AvgIpc) is 2.39. The van der Waals surface area contributed by atoms with Crippen molar-refractivity contribution in [3.8, 4) is 0 Å². The number of ketones is 1. The molecule has 0 spiro atoms. The van der Waals surface area contributed by atoms with Crippen LogP contribution in [0.1, 0.15) is 15.9 Å². The monoisotopic (exact) mass is 259 g/mol. The molecule has 0 heterocycles. The Bertz CT molecular complexity index is 611. The van der Waals surface area contributed by atoms with Crippen LogP contribution in [0, 0.1) is 10.1 Å². The number of nitrogens with zero attached hydrogens (tertiary/aromatic N) is 1. The number of carbonyl (C=O) groups excluding carboxylic acids is 1. The summed E-state index contributed by atoms with van der Waals surface area (Å²) in [5, 5.41) is 10.7. The molecule has 2 aromatic carbocycles. The van der Waals surface area contributed by atoms with Crippen molar-refractivity contribution in [2.75, 3.05) is 0 Å². The first-order chi connectivity index (χ1) is 8.59. The maximum Gasteiger partial charge on any atom is 0.270 e. The van der Waals surface area contributed by atoms with E-state index >= 15 is 0 Å². The smallest absolute Gasteiger partial charge is 0.270 e. The number of benzene rings is 2. The molecular formula is C13H9NO3S. The number of hydrogen-bond donors (Lipinski definition) is 1. The zero-order chi connectivity index (χ0) is 13.1. The van der Waals surface area contributed by atoms with Crippen molar-refractivity contribution in [3.05, 3.63) is 69.8 Å². The minimum absolute atomic E-state index is 0.118. The molecule has 4 nitrogen and oxygen atoms in total. The Morgan fingerprint density at radius 3 is 2.39 bits per heavy atom. The van der Waals surface area contributed by atoms with E-state index in [2.05, 4.69) is 12.6 Å². The summed E-state index contributed by atoms with van der Waals surface area (Å²) in [4.78, 5) is 22.8. The van der Waals surface area contributed by atoms with Gasteiger partial charge in [-0.2, -0.15) is 0 Å².